The third kappa shape index (κ3) is 3.13. The molecular weight excluding hydrogens is 272 g/mol. The largest absolute Gasteiger partial charge is 0.399 e. The topological polar surface area (TPSA) is 90.1 Å². The normalized spacial score (nSPS) is 20.5. The molecule has 2 aromatic rings. The van der Waals surface area contributed by atoms with Crippen LogP contribution >= 0.6 is 0 Å². The number of benzene rings is 2. The Morgan fingerprint density at radius 3 is 2.36 bits per heavy atom. The van der Waals surface area contributed by atoms with Crippen LogP contribution in [0.25, 0.3) is 5.57 Å². The first-order chi connectivity index (χ1) is 10.5. The number of anilines is 3. The molecule has 0 saturated carbocycles. The molecule has 1 atom stereocenters. The second-order valence-corrected chi connectivity index (χ2v) is 5.61. The third-order valence-electron chi connectivity index (χ3n) is 3.73. The van der Waals surface area contributed by atoms with Crippen LogP contribution in [0.5, 0.6) is 0 Å². The number of allylic oxidation sites excluding steroid dienone is 2. The molecule has 112 valence electrons. The smallest absolute Gasteiger partial charge is 0.109 e. The van der Waals surface area contributed by atoms with Gasteiger partial charge < -0.3 is 22.5 Å². The van der Waals surface area contributed by atoms with Gasteiger partial charge in [0, 0.05) is 23.5 Å². The van der Waals surface area contributed by atoms with Crippen LogP contribution in [-0.2, 0) is 0 Å². The van der Waals surface area contributed by atoms with Gasteiger partial charge in [0.15, 0.2) is 0 Å². The van der Waals surface area contributed by atoms with Gasteiger partial charge in [0.1, 0.15) is 5.66 Å². The van der Waals surface area contributed by atoms with E-state index in [0.29, 0.717) is 12.1 Å². The number of nitrogen functional groups attached to an aromatic ring is 2. The second kappa shape index (κ2) is 5.58. The van der Waals surface area contributed by atoms with Crippen LogP contribution in [0.1, 0.15) is 12.0 Å². The minimum absolute atomic E-state index is 0.606. The summed E-state index contributed by atoms with van der Waals surface area (Å²) in [5, 5.41) is 3.33. The lowest BCUT2D eigenvalue weighted by Crippen LogP contribution is -2.46. The van der Waals surface area contributed by atoms with Gasteiger partial charge in [-0.3, -0.25) is 0 Å². The average molecular weight is 292 g/mol. The number of nitrogens with one attached hydrogen (secondary N) is 1. The minimum Gasteiger partial charge on any atom is -0.399 e. The van der Waals surface area contributed by atoms with E-state index >= 15 is 0 Å². The second-order valence-electron chi connectivity index (χ2n) is 5.61. The fraction of sp³-hybridized carbons (Fsp3) is 0.111. The lowest BCUT2D eigenvalue weighted by molar-refractivity contribution is 0.608. The molecule has 0 spiro atoms. The van der Waals surface area contributed by atoms with Crippen LogP contribution in [0.15, 0.2) is 66.8 Å². The van der Waals surface area contributed by atoms with E-state index in [9.17, 15) is 0 Å². The predicted molar refractivity (Wildman–Crippen MR) is 94.0 cm³/mol. The van der Waals surface area contributed by atoms with Gasteiger partial charge in [0.2, 0.25) is 0 Å². The maximum atomic E-state index is 6.40. The maximum Gasteiger partial charge on any atom is 0.109 e. The predicted octanol–water partition coefficient (Wildman–Crippen LogP) is 2.96. The Hall–Kier alpha value is -2.72. The first kappa shape index (κ1) is 14.2. The van der Waals surface area contributed by atoms with Crippen molar-refractivity contribution in [1.82, 2.24) is 0 Å². The van der Waals surface area contributed by atoms with Crippen molar-refractivity contribution in [1.29, 1.82) is 0 Å². The zero-order chi connectivity index (χ0) is 15.6. The standard InChI is InChI=1S/C18H20N4/c19-15-6-4-13(5-7-15)14-8-10-18(21,11-9-14)22-17-3-1-2-16(20)12-17/h1-10,12,22H,11,19-21H2. The van der Waals surface area contributed by atoms with E-state index in [2.05, 4.69) is 11.4 Å². The summed E-state index contributed by atoms with van der Waals surface area (Å²) in [4.78, 5) is 0. The number of nitrogens with two attached hydrogens (primary N) is 3. The van der Waals surface area contributed by atoms with Gasteiger partial charge in [-0.15, -0.1) is 0 Å². The van der Waals surface area contributed by atoms with Crippen molar-refractivity contribution in [3.8, 4) is 0 Å². The summed E-state index contributed by atoms with van der Waals surface area (Å²) in [6.45, 7) is 0. The van der Waals surface area contributed by atoms with E-state index in [4.69, 9.17) is 17.2 Å². The number of rotatable bonds is 3. The molecule has 0 saturated heterocycles. The summed E-state index contributed by atoms with van der Waals surface area (Å²) in [5.74, 6) is 0. The Labute approximate surface area is 130 Å². The highest BCUT2D eigenvalue weighted by Gasteiger charge is 2.23. The molecule has 0 amide bonds. The van der Waals surface area contributed by atoms with E-state index < -0.39 is 5.66 Å². The Bertz CT molecular complexity index is 731. The van der Waals surface area contributed by atoms with Crippen LogP contribution in [0.3, 0.4) is 0 Å². The Kier molecular flexibility index (Phi) is 3.61. The van der Waals surface area contributed by atoms with E-state index in [1.165, 1.54) is 0 Å². The Morgan fingerprint density at radius 1 is 0.955 bits per heavy atom. The molecule has 3 rings (SSSR count). The van der Waals surface area contributed by atoms with Crippen LogP contribution in [0.4, 0.5) is 17.1 Å². The molecule has 4 heteroatoms. The first-order valence-corrected chi connectivity index (χ1v) is 7.22. The van der Waals surface area contributed by atoms with Gasteiger partial charge in [-0.05, 0) is 47.5 Å². The third-order valence-corrected chi connectivity index (χ3v) is 3.73. The molecule has 0 heterocycles. The zero-order valence-corrected chi connectivity index (χ0v) is 12.3. The van der Waals surface area contributed by atoms with Crippen molar-refractivity contribution >= 4 is 22.6 Å². The first-order valence-electron chi connectivity index (χ1n) is 7.22. The summed E-state index contributed by atoms with van der Waals surface area (Å²) in [6.07, 6.45) is 6.85. The van der Waals surface area contributed by atoms with Gasteiger partial charge in [-0.1, -0.05) is 30.4 Å². The highest BCUT2D eigenvalue weighted by Crippen LogP contribution is 2.27. The molecule has 1 aliphatic rings. The summed E-state index contributed by atoms with van der Waals surface area (Å²) in [5.41, 5.74) is 22.0. The van der Waals surface area contributed by atoms with Crippen LogP contribution in [0.2, 0.25) is 0 Å². The van der Waals surface area contributed by atoms with Gasteiger partial charge >= 0.3 is 0 Å². The monoisotopic (exact) mass is 292 g/mol. The van der Waals surface area contributed by atoms with Crippen molar-refractivity contribution < 1.29 is 0 Å². The maximum absolute atomic E-state index is 6.40. The van der Waals surface area contributed by atoms with Crippen molar-refractivity contribution in [3.63, 3.8) is 0 Å². The van der Waals surface area contributed by atoms with Crippen LogP contribution in [0, 0.1) is 0 Å². The summed E-state index contributed by atoms with van der Waals surface area (Å²) in [6, 6.07) is 15.4. The number of hydrogen-bond acceptors (Lipinski definition) is 4. The SMILES string of the molecule is Nc1ccc(C2=CCC(N)(Nc3cccc(N)c3)C=C2)cc1. The molecule has 1 aliphatic carbocycles. The van der Waals surface area contributed by atoms with Crippen molar-refractivity contribution in [2.24, 2.45) is 5.73 Å². The molecule has 0 bridgehead atoms. The van der Waals surface area contributed by atoms with Crippen LogP contribution in [-0.4, -0.2) is 5.66 Å². The van der Waals surface area contributed by atoms with E-state index in [-0.39, 0.29) is 0 Å². The zero-order valence-electron chi connectivity index (χ0n) is 12.3. The molecule has 1 unspecified atom stereocenters. The average Bonchev–Trinajstić information content (AvgIpc) is 2.49. The molecule has 0 fully saturated rings. The minimum atomic E-state index is -0.606. The molecular formula is C18H20N4. The molecule has 0 aliphatic heterocycles. The van der Waals surface area contributed by atoms with Gasteiger partial charge in [0.25, 0.3) is 0 Å². The molecule has 0 aromatic heterocycles. The highest BCUT2D eigenvalue weighted by molar-refractivity contribution is 5.76. The fourth-order valence-electron chi connectivity index (χ4n) is 2.52. The van der Waals surface area contributed by atoms with Crippen molar-refractivity contribution in [2.75, 3.05) is 16.8 Å². The summed E-state index contributed by atoms with van der Waals surface area (Å²) >= 11 is 0. The summed E-state index contributed by atoms with van der Waals surface area (Å²) in [7, 11) is 0. The fourth-order valence-corrected chi connectivity index (χ4v) is 2.52. The van der Waals surface area contributed by atoms with E-state index in [0.717, 1.165) is 22.5 Å². The Balaban J connectivity index is 1.75. The quantitative estimate of drug-likeness (QED) is 0.517. The van der Waals surface area contributed by atoms with Crippen molar-refractivity contribution in [2.45, 2.75) is 12.1 Å². The van der Waals surface area contributed by atoms with Gasteiger partial charge in [-0.2, -0.15) is 0 Å². The molecule has 2 aromatic carbocycles. The number of hydrogen-bond donors (Lipinski definition) is 4. The molecule has 7 N–H and O–H groups in total. The van der Waals surface area contributed by atoms with Crippen LogP contribution < -0.4 is 22.5 Å². The van der Waals surface area contributed by atoms with Gasteiger partial charge in [-0.25, -0.2) is 0 Å². The van der Waals surface area contributed by atoms with Gasteiger partial charge in [0.05, 0.1) is 0 Å². The molecule has 22 heavy (non-hydrogen) atoms. The molecule has 0 radical (unpaired) electrons. The highest BCUT2D eigenvalue weighted by atomic mass is 15.1. The van der Waals surface area contributed by atoms with Crippen molar-refractivity contribution in [3.05, 3.63) is 72.3 Å². The lowest BCUT2D eigenvalue weighted by Gasteiger charge is -2.30. The van der Waals surface area contributed by atoms with E-state index in [1.54, 1.807) is 0 Å². The lowest BCUT2D eigenvalue weighted by atomic mass is 9.93. The Morgan fingerprint density at radius 2 is 1.73 bits per heavy atom. The summed E-state index contributed by atoms with van der Waals surface area (Å²) < 4.78 is 0. The van der Waals surface area contributed by atoms with E-state index in [1.807, 2.05) is 60.7 Å². The molecule has 4 nitrogen and oxygen atoms in total.